The molecular weight excluding hydrogens is 328 g/mol. The molecule has 0 spiro atoms. The van der Waals surface area contributed by atoms with Crippen molar-refractivity contribution in [1.82, 2.24) is 10.2 Å². The molecule has 1 heterocycles. The smallest absolute Gasteiger partial charge is 0.317 e. The number of hydrogen-bond acceptors (Lipinski definition) is 3. The van der Waals surface area contributed by atoms with Gasteiger partial charge < -0.3 is 19.7 Å². The van der Waals surface area contributed by atoms with Crippen LogP contribution < -0.4 is 10.1 Å². The van der Waals surface area contributed by atoms with Crippen molar-refractivity contribution >= 4 is 6.03 Å². The van der Waals surface area contributed by atoms with E-state index in [0.717, 1.165) is 50.1 Å². The van der Waals surface area contributed by atoms with Crippen LogP contribution in [0.4, 0.5) is 4.79 Å². The van der Waals surface area contributed by atoms with Crippen molar-refractivity contribution in [3.8, 4) is 18.1 Å². The van der Waals surface area contributed by atoms with Gasteiger partial charge in [0.1, 0.15) is 12.4 Å². The van der Waals surface area contributed by atoms with Crippen molar-refractivity contribution in [3.05, 3.63) is 29.8 Å². The van der Waals surface area contributed by atoms with Crippen LogP contribution in [0.3, 0.4) is 0 Å². The molecule has 5 nitrogen and oxygen atoms in total. The summed E-state index contributed by atoms with van der Waals surface area (Å²) >= 11 is 0. The number of carbonyl (C=O) groups is 1. The van der Waals surface area contributed by atoms with Crippen LogP contribution in [0.25, 0.3) is 0 Å². The number of rotatable bonds is 9. The van der Waals surface area contributed by atoms with Gasteiger partial charge in [-0.3, -0.25) is 0 Å². The van der Waals surface area contributed by atoms with E-state index in [0.29, 0.717) is 13.1 Å². The lowest BCUT2D eigenvalue weighted by Gasteiger charge is -2.30. The zero-order chi connectivity index (χ0) is 18.6. The number of hydrogen-bond donors (Lipinski definition) is 1. The molecule has 0 aromatic heterocycles. The van der Waals surface area contributed by atoms with Gasteiger partial charge in [-0.05, 0) is 49.8 Å². The van der Waals surface area contributed by atoms with Crippen LogP contribution in [-0.4, -0.2) is 49.9 Å². The third kappa shape index (κ3) is 6.97. The molecule has 0 saturated carbocycles. The van der Waals surface area contributed by atoms with Gasteiger partial charge in [0.15, 0.2) is 0 Å². The maximum absolute atomic E-state index is 12.5. The first-order valence-electron chi connectivity index (χ1n) is 9.52. The molecular formula is C21H30N2O3. The molecule has 0 aliphatic carbocycles. The highest BCUT2D eigenvalue weighted by molar-refractivity contribution is 5.74. The molecule has 5 heteroatoms. The predicted octanol–water partition coefficient (Wildman–Crippen LogP) is 3.23. The first kappa shape index (κ1) is 20.1. The molecule has 1 aromatic rings. The molecule has 1 aliphatic heterocycles. The molecule has 142 valence electrons. The lowest BCUT2D eigenvalue weighted by molar-refractivity contribution is 0.000734. The maximum Gasteiger partial charge on any atom is 0.317 e. The Hall–Kier alpha value is -2.19. The van der Waals surface area contributed by atoms with Gasteiger partial charge in [0.25, 0.3) is 0 Å². The summed E-state index contributed by atoms with van der Waals surface area (Å²) in [6.45, 7) is 5.22. The summed E-state index contributed by atoms with van der Waals surface area (Å²) < 4.78 is 11.1. The first-order valence-corrected chi connectivity index (χ1v) is 9.52. The third-order valence-electron chi connectivity index (χ3n) is 4.41. The maximum atomic E-state index is 12.5. The molecule has 1 aliphatic rings. The van der Waals surface area contributed by atoms with Gasteiger partial charge in [0.05, 0.1) is 6.10 Å². The fraction of sp³-hybridized carbons (Fsp3) is 0.571. The topological polar surface area (TPSA) is 50.8 Å². The summed E-state index contributed by atoms with van der Waals surface area (Å²) in [5.41, 5.74) is 1.15. The molecule has 1 unspecified atom stereocenters. The number of amides is 2. The van der Waals surface area contributed by atoms with Crippen LogP contribution in [0.2, 0.25) is 0 Å². The monoisotopic (exact) mass is 358 g/mol. The molecule has 1 N–H and O–H groups in total. The zero-order valence-corrected chi connectivity index (χ0v) is 15.7. The van der Waals surface area contributed by atoms with Gasteiger partial charge in [-0.2, -0.15) is 0 Å². The second kappa shape index (κ2) is 11.4. The Morgan fingerprint density at radius 3 is 2.85 bits per heavy atom. The molecule has 26 heavy (non-hydrogen) atoms. The fourth-order valence-corrected chi connectivity index (χ4v) is 3.05. The van der Waals surface area contributed by atoms with E-state index in [1.807, 2.05) is 29.2 Å². The fourth-order valence-electron chi connectivity index (χ4n) is 3.05. The quantitative estimate of drug-likeness (QED) is 0.690. The molecule has 1 saturated heterocycles. The first-order chi connectivity index (χ1) is 12.7. The Bertz CT molecular complexity index is 574. The van der Waals surface area contributed by atoms with Gasteiger partial charge in [-0.25, -0.2) is 4.79 Å². The van der Waals surface area contributed by atoms with E-state index in [-0.39, 0.29) is 18.7 Å². The van der Waals surface area contributed by atoms with E-state index in [2.05, 4.69) is 18.2 Å². The number of nitrogens with one attached hydrogen (secondary N) is 1. The summed E-state index contributed by atoms with van der Waals surface area (Å²) in [5.74, 6) is 3.21. The minimum absolute atomic E-state index is 0.00463. The molecule has 1 atom stereocenters. The van der Waals surface area contributed by atoms with Crippen molar-refractivity contribution < 1.29 is 14.3 Å². The zero-order valence-electron chi connectivity index (χ0n) is 15.7. The van der Waals surface area contributed by atoms with Crippen molar-refractivity contribution in [3.63, 3.8) is 0 Å². The summed E-state index contributed by atoms with van der Waals surface area (Å²) in [7, 11) is 0. The number of terminal acetylenes is 1. The van der Waals surface area contributed by atoms with Crippen LogP contribution in [0.15, 0.2) is 24.3 Å². The standard InChI is InChI=1S/C21H30N2O3/c1-3-14-23(17-20-7-5-6-16-26-20)21(24)22-13-12-18-8-10-19(11-9-18)25-15-4-2/h2,8-11,20H,3,5-7,12-17H2,1H3,(H,22,24). The highest BCUT2D eigenvalue weighted by atomic mass is 16.5. The number of benzene rings is 1. The molecule has 2 amide bonds. The van der Waals surface area contributed by atoms with Crippen LogP contribution in [-0.2, 0) is 11.2 Å². The Morgan fingerprint density at radius 1 is 1.38 bits per heavy atom. The third-order valence-corrected chi connectivity index (χ3v) is 4.41. The van der Waals surface area contributed by atoms with Gasteiger partial charge in [-0.15, -0.1) is 6.42 Å². The van der Waals surface area contributed by atoms with E-state index in [4.69, 9.17) is 15.9 Å². The number of carbonyl (C=O) groups excluding carboxylic acids is 1. The van der Waals surface area contributed by atoms with Gasteiger partial charge in [-0.1, -0.05) is 25.0 Å². The molecule has 1 fully saturated rings. The van der Waals surface area contributed by atoms with E-state index in [1.165, 1.54) is 6.42 Å². The van der Waals surface area contributed by atoms with Gasteiger partial charge in [0.2, 0.25) is 0 Å². The average molecular weight is 358 g/mol. The Labute approximate surface area is 157 Å². The van der Waals surface area contributed by atoms with E-state index in [1.54, 1.807) is 0 Å². The van der Waals surface area contributed by atoms with Gasteiger partial charge in [0, 0.05) is 26.2 Å². The normalized spacial score (nSPS) is 16.5. The van der Waals surface area contributed by atoms with Gasteiger partial charge >= 0.3 is 6.03 Å². The summed E-state index contributed by atoms with van der Waals surface area (Å²) in [6.07, 6.45) is 10.4. The second-order valence-electron chi connectivity index (χ2n) is 6.55. The molecule has 2 rings (SSSR count). The number of nitrogens with zero attached hydrogens (tertiary/aromatic N) is 1. The van der Waals surface area contributed by atoms with Crippen LogP contribution in [0, 0.1) is 12.3 Å². The molecule has 1 aromatic carbocycles. The number of ether oxygens (including phenoxy) is 2. The Morgan fingerprint density at radius 2 is 2.19 bits per heavy atom. The predicted molar refractivity (Wildman–Crippen MR) is 103 cm³/mol. The highest BCUT2D eigenvalue weighted by Gasteiger charge is 2.20. The highest BCUT2D eigenvalue weighted by Crippen LogP contribution is 2.14. The second-order valence-corrected chi connectivity index (χ2v) is 6.55. The largest absolute Gasteiger partial charge is 0.481 e. The van der Waals surface area contributed by atoms with E-state index in [9.17, 15) is 4.79 Å². The minimum atomic E-state index is -0.00463. The van der Waals surface area contributed by atoms with Crippen molar-refractivity contribution in [1.29, 1.82) is 0 Å². The van der Waals surface area contributed by atoms with E-state index < -0.39 is 0 Å². The molecule has 0 radical (unpaired) electrons. The van der Waals surface area contributed by atoms with E-state index >= 15 is 0 Å². The van der Waals surface area contributed by atoms with Crippen LogP contribution in [0.1, 0.15) is 38.2 Å². The van der Waals surface area contributed by atoms with Crippen molar-refractivity contribution in [2.45, 2.75) is 45.1 Å². The SMILES string of the molecule is C#CCOc1ccc(CCNC(=O)N(CCC)CC2CCCCO2)cc1. The Kier molecular flexibility index (Phi) is 8.85. The van der Waals surface area contributed by atoms with Crippen LogP contribution in [0.5, 0.6) is 5.75 Å². The average Bonchev–Trinajstić information content (AvgIpc) is 2.68. The minimum Gasteiger partial charge on any atom is -0.481 e. The summed E-state index contributed by atoms with van der Waals surface area (Å²) in [6, 6.07) is 7.79. The van der Waals surface area contributed by atoms with Crippen molar-refractivity contribution in [2.75, 3.05) is 32.8 Å². The summed E-state index contributed by atoms with van der Waals surface area (Å²) in [5, 5.41) is 3.03. The van der Waals surface area contributed by atoms with Crippen molar-refractivity contribution in [2.24, 2.45) is 0 Å². The summed E-state index contributed by atoms with van der Waals surface area (Å²) in [4.78, 5) is 14.4. The van der Waals surface area contributed by atoms with Crippen LogP contribution >= 0.6 is 0 Å². The lowest BCUT2D eigenvalue weighted by Crippen LogP contribution is -2.45. The Balaban J connectivity index is 1.75. The number of urea groups is 1. The molecule has 0 bridgehead atoms. The lowest BCUT2D eigenvalue weighted by atomic mass is 10.1.